The predicted octanol–water partition coefficient (Wildman–Crippen LogP) is 1.99. The summed E-state index contributed by atoms with van der Waals surface area (Å²) in [5, 5.41) is 22.1. The van der Waals surface area contributed by atoms with Crippen LogP contribution < -0.4 is 5.32 Å². The van der Waals surface area contributed by atoms with Gasteiger partial charge in [-0.25, -0.2) is 0 Å². The van der Waals surface area contributed by atoms with Crippen LogP contribution in [-0.4, -0.2) is 26.2 Å². The zero-order valence-electron chi connectivity index (χ0n) is 11.8. The van der Waals surface area contributed by atoms with Gasteiger partial charge >= 0.3 is 0 Å². The first-order valence-electron chi connectivity index (χ1n) is 6.33. The average Bonchev–Trinajstić information content (AvgIpc) is 2.70. The highest BCUT2D eigenvalue weighted by Gasteiger charge is 2.13. The van der Waals surface area contributed by atoms with Crippen LogP contribution in [0.2, 0.25) is 0 Å². The van der Waals surface area contributed by atoms with Crippen LogP contribution in [0.4, 0.5) is 11.4 Å². The number of aryl methyl sites for hydroxylation is 2. The number of nitro benzene ring substituents is 1. The molecule has 1 aromatic carbocycles. The first-order chi connectivity index (χ1) is 9.49. The van der Waals surface area contributed by atoms with E-state index in [2.05, 4.69) is 15.5 Å². The highest BCUT2D eigenvalue weighted by Crippen LogP contribution is 2.25. The van der Waals surface area contributed by atoms with Gasteiger partial charge in [-0.1, -0.05) is 6.07 Å². The number of hydrogen-bond acceptors (Lipinski definition) is 5. The van der Waals surface area contributed by atoms with Crippen molar-refractivity contribution < 1.29 is 4.92 Å². The number of nitro groups is 1. The lowest BCUT2D eigenvalue weighted by Crippen LogP contribution is -2.10. The number of aromatic nitrogens is 3. The normalized spacial score (nSPS) is 10.6. The first kappa shape index (κ1) is 14.0. The third kappa shape index (κ3) is 2.93. The summed E-state index contributed by atoms with van der Waals surface area (Å²) < 4.78 is 1.91. The number of benzene rings is 1. The molecule has 0 fully saturated rings. The molecule has 0 amide bonds. The summed E-state index contributed by atoms with van der Waals surface area (Å²) in [7, 11) is 1.90. The standard InChI is InChI=1S/C13H17N5O2/c1-9-4-5-12(18(19)20)11(8-9)14-7-6-13-16-15-10(2)17(13)3/h4-5,8,14H,6-7H2,1-3H3. The Hall–Kier alpha value is -2.44. The molecule has 1 N–H and O–H groups in total. The van der Waals surface area contributed by atoms with Gasteiger partial charge in [0.2, 0.25) is 0 Å². The molecule has 20 heavy (non-hydrogen) atoms. The van der Waals surface area contributed by atoms with Gasteiger partial charge in [-0.15, -0.1) is 10.2 Å². The van der Waals surface area contributed by atoms with Gasteiger partial charge in [0.1, 0.15) is 17.3 Å². The Kier molecular flexibility index (Phi) is 3.97. The van der Waals surface area contributed by atoms with Gasteiger partial charge in [0.15, 0.2) is 0 Å². The molecule has 1 aromatic heterocycles. The minimum Gasteiger partial charge on any atom is -0.379 e. The van der Waals surface area contributed by atoms with E-state index in [4.69, 9.17) is 0 Å². The van der Waals surface area contributed by atoms with Crippen molar-refractivity contribution in [2.24, 2.45) is 7.05 Å². The van der Waals surface area contributed by atoms with Gasteiger partial charge in [-0.2, -0.15) is 0 Å². The van der Waals surface area contributed by atoms with Crippen LogP contribution >= 0.6 is 0 Å². The molecule has 0 unspecified atom stereocenters. The van der Waals surface area contributed by atoms with Crippen molar-refractivity contribution in [2.45, 2.75) is 20.3 Å². The van der Waals surface area contributed by atoms with Crippen LogP contribution in [0.1, 0.15) is 17.2 Å². The second-order valence-electron chi connectivity index (χ2n) is 4.68. The van der Waals surface area contributed by atoms with Crippen LogP contribution in [0.15, 0.2) is 18.2 Å². The Morgan fingerprint density at radius 1 is 1.35 bits per heavy atom. The van der Waals surface area contributed by atoms with E-state index in [0.29, 0.717) is 18.7 Å². The van der Waals surface area contributed by atoms with Crippen molar-refractivity contribution in [3.05, 3.63) is 45.5 Å². The molecule has 2 rings (SSSR count). The molecule has 0 aliphatic rings. The summed E-state index contributed by atoms with van der Waals surface area (Å²) >= 11 is 0. The molecular weight excluding hydrogens is 258 g/mol. The number of nitrogens with one attached hydrogen (secondary N) is 1. The van der Waals surface area contributed by atoms with E-state index in [1.54, 1.807) is 12.1 Å². The lowest BCUT2D eigenvalue weighted by atomic mass is 10.2. The second-order valence-corrected chi connectivity index (χ2v) is 4.68. The first-order valence-corrected chi connectivity index (χ1v) is 6.33. The van der Waals surface area contributed by atoms with Gasteiger partial charge in [0.25, 0.3) is 5.69 Å². The van der Waals surface area contributed by atoms with Gasteiger partial charge < -0.3 is 9.88 Å². The summed E-state index contributed by atoms with van der Waals surface area (Å²) in [6, 6.07) is 5.03. The molecule has 0 bridgehead atoms. The number of anilines is 1. The summed E-state index contributed by atoms with van der Waals surface area (Å²) in [6.07, 6.45) is 0.655. The highest BCUT2D eigenvalue weighted by atomic mass is 16.6. The highest BCUT2D eigenvalue weighted by molar-refractivity contribution is 5.62. The molecule has 7 heteroatoms. The topological polar surface area (TPSA) is 85.9 Å². The van der Waals surface area contributed by atoms with E-state index in [1.807, 2.05) is 25.5 Å². The van der Waals surface area contributed by atoms with Crippen molar-refractivity contribution >= 4 is 11.4 Å². The van der Waals surface area contributed by atoms with E-state index >= 15 is 0 Å². The minimum absolute atomic E-state index is 0.0877. The van der Waals surface area contributed by atoms with Crippen molar-refractivity contribution in [3.63, 3.8) is 0 Å². The maximum Gasteiger partial charge on any atom is 0.292 e. The Labute approximate surface area is 116 Å². The fourth-order valence-electron chi connectivity index (χ4n) is 1.93. The summed E-state index contributed by atoms with van der Waals surface area (Å²) in [5.41, 5.74) is 1.60. The summed E-state index contributed by atoms with van der Waals surface area (Å²) in [5.74, 6) is 1.70. The molecule has 2 aromatic rings. The van der Waals surface area contributed by atoms with Gasteiger partial charge in [0.05, 0.1) is 4.92 Å². The largest absolute Gasteiger partial charge is 0.379 e. The summed E-state index contributed by atoms with van der Waals surface area (Å²) in [6.45, 7) is 4.35. The Morgan fingerprint density at radius 3 is 2.70 bits per heavy atom. The van der Waals surface area contributed by atoms with Crippen molar-refractivity contribution in [1.29, 1.82) is 0 Å². The fraction of sp³-hybridized carbons (Fsp3) is 0.385. The molecule has 0 atom stereocenters. The third-order valence-corrected chi connectivity index (χ3v) is 3.20. The average molecular weight is 275 g/mol. The van der Waals surface area contributed by atoms with E-state index in [0.717, 1.165) is 17.2 Å². The molecule has 106 valence electrons. The number of hydrogen-bond donors (Lipinski definition) is 1. The van der Waals surface area contributed by atoms with Crippen LogP contribution in [0.3, 0.4) is 0 Å². The zero-order chi connectivity index (χ0) is 14.7. The molecule has 0 saturated carbocycles. The monoisotopic (exact) mass is 275 g/mol. The maximum atomic E-state index is 11.0. The van der Waals surface area contributed by atoms with Crippen LogP contribution in [0.5, 0.6) is 0 Å². The molecular formula is C13H17N5O2. The van der Waals surface area contributed by atoms with Crippen molar-refractivity contribution in [3.8, 4) is 0 Å². The molecule has 0 spiro atoms. The SMILES string of the molecule is Cc1ccc([N+](=O)[O-])c(NCCc2nnc(C)n2C)c1. The maximum absolute atomic E-state index is 11.0. The van der Waals surface area contributed by atoms with E-state index in [-0.39, 0.29) is 10.6 Å². The van der Waals surface area contributed by atoms with Gasteiger partial charge in [0, 0.05) is 26.1 Å². The fourth-order valence-corrected chi connectivity index (χ4v) is 1.93. The van der Waals surface area contributed by atoms with E-state index in [1.165, 1.54) is 6.07 Å². The summed E-state index contributed by atoms with van der Waals surface area (Å²) in [4.78, 5) is 10.6. The smallest absolute Gasteiger partial charge is 0.292 e. The van der Waals surface area contributed by atoms with Crippen LogP contribution in [-0.2, 0) is 13.5 Å². The molecule has 7 nitrogen and oxygen atoms in total. The Balaban J connectivity index is 2.06. The molecule has 0 aliphatic carbocycles. The van der Waals surface area contributed by atoms with Crippen LogP contribution in [0.25, 0.3) is 0 Å². The van der Waals surface area contributed by atoms with E-state index < -0.39 is 0 Å². The molecule has 0 radical (unpaired) electrons. The van der Waals surface area contributed by atoms with Crippen molar-refractivity contribution in [1.82, 2.24) is 14.8 Å². The Morgan fingerprint density at radius 2 is 2.10 bits per heavy atom. The third-order valence-electron chi connectivity index (χ3n) is 3.20. The zero-order valence-corrected chi connectivity index (χ0v) is 11.8. The van der Waals surface area contributed by atoms with E-state index in [9.17, 15) is 10.1 Å². The number of nitrogens with zero attached hydrogens (tertiary/aromatic N) is 4. The molecule has 0 saturated heterocycles. The van der Waals surface area contributed by atoms with Gasteiger partial charge in [-0.05, 0) is 25.5 Å². The van der Waals surface area contributed by atoms with Crippen LogP contribution in [0, 0.1) is 24.0 Å². The predicted molar refractivity (Wildman–Crippen MR) is 75.8 cm³/mol. The Bertz CT molecular complexity index is 636. The van der Waals surface area contributed by atoms with Crippen molar-refractivity contribution in [2.75, 3.05) is 11.9 Å². The number of rotatable bonds is 5. The lowest BCUT2D eigenvalue weighted by molar-refractivity contribution is -0.384. The quantitative estimate of drug-likeness (QED) is 0.666. The van der Waals surface area contributed by atoms with Gasteiger partial charge in [-0.3, -0.25) is 10.1 Å². The molecule has 1 heterocycles. The minimum atomic E-state index is -0.381. The molecule has 0 aliphatic heterocycles. The second kappa shape index (κ2) is 5.68. The lowest BCUT2D eigenvalue weighted by Gasteiger charge is -2.08.